The molecule has 1 atom stereocenters. The number of phenols is 1. The van der Waals surface area contributed by atoms with Crippen LogP contribution in [0.5, 0.6) is 5.75 Å². The summed E-state index contributed by atoms with van der Waals surface area (Å²) in [6.45, 7) is 4.11. The first-order valence-corrected chi connectivity index (χ1v) is 5.91. The summed E-state index contributed by atoms with van der Waals surface area (Å²) in [4.78, 5) is 2.30. The number of rotatable bonds is 2. The van der Waals surface area contributed by atoms with Gasteiger partial charge in [-0.3, -0.25) is 4.90 Å². The van der Waals surface area contributed by atoms with Crippen LogP contribution in [0.2, 0.25) is 0 Å². The van der Waals surface area contributed by atoms with Gasteiger partial charge >= 0.3 is 0 Å². The van der Waals surface area contributed by atoms with Crippen LogP contribution in [0, 0.1) is 5.82 Å². The number of piperidine rings is 1. The van der Waals surface area contributed by atoms with E-state index in [1.807, 2.05) is 6.92 Å². The van der Waals surface area contributed by atoms with Crippen molar-refractivity contribution < 1.29 is 9.50 Å². The van der Waals surface area contributed by atoms with Gasteiger partial charge in [0.1, 0.15) is 11.6 Å². The van der Waals surface area contributed by atoms with E-state index in [2.05, 4.69) is 4.90 Å². The molecule has 1 aromatic carbocycles. The van der Waals surface area contributed by atoms with Gasteiger partial charge in [-0.2, -0.15) is 0 Å². The van der Waals surface area contributed by atoms with Gasteiger partial charge in [-0.1, -0.05) is 6.42 Å². The predicted molar refractivity (Wildman–Crippen MR) is 61.9 cm³/mol. The van der Waals surface area contributed by atoms with E-state index in [9.17, 15) is 9.50 Å². The SMILES string of the molecule is CC(c1cc(F)ccc1O)N1CCCCC1. The van der Waals surface area contributed by atoms with E-state index in [1.54, 1.807) is 0 Å². The molecule has 1 aliphatic heterocycles. The molecular formula is C13H18FNO. The number of phenolic OH excluding ortho intramolecular Hbond substituents is 1. The minimum Gasteiger partial charge on any atom is -0.508 e. The summed E-state index contributed by atoms with van der Waals surface area (Å²) in [6, 6.07) is 4.26. The molecule has 1 heterocycles. The molecule has 16 heavy (non-hydrogen) atoms. The Morgan fingerprint density at radius 1 is 1.25 bits per heavy atom. The molecule has 1 aliphatic rings. The fourth-order valence-electron chi connectivity index (χ4n) is 2.36. The van der Waals surface area contributed by atoms with Crippen molar-refractivity contribution in [2.45, 2.75) is 32.2 Å². The summed E-state index contributed by atoms with van der Waals surface area (Å²) >= 11 is 0. The molecular weight excluding hydrogens is 205 g/mol. The monoisotopic (exact) mass is 223 g/mol. The number of benzene rings is 1. The van der Waals surface area contributed by atoms with Crippen molar-refractivity contribution in [1.29, 1.82) is 0 Å². The summed E-state index contributed by atoms with van der Waals surface area (Å²) in [5.74, 6) is -0.0869. The Morgan fingerprint density at radius 3 is 2.62 bits per heavy atom. The summed E-state index contributed by atoms with van der Waals surface area (Å²) < 4.78 is 13.1. The number of likely N-dealkylation sites (tertiary alicyclic amines) is 1. The highest BCUT2D eigenvalue weighted by molar-refractivity contribution is 5.34. The summed E-state index contributed by atoms with van der Waals surface area (Å²) in [7, 11) is 0. The third-order valence-electron chi connectivity index (χ3n) is 3.38. The van der Waals surface area contributed by atoms with Crippen LogP contribution in [0.3, 0.4) is 0 Å². The topological polar surface area (TPSA) is 23.5 Å². The standard InChI is InChI=1S/C13H18FNO/c1-10(15-7-3-2-4-8-15)12-9-11(14)5-6-13(12)16/h5-6,9-10,16H,2-4,7-8H2,1H3. The van der Waals surface area contributed by atoms with Crippen LogP contribution in [0.4, 0.5) is 4.39 Å². The Labute approximate surface area is 95.7 Å². The largest absolute Gasteiger partial charge is 0.508 e. The minimum atomic E-state index is -0.281. The summed E-state index contributed by atoms with van der Waals surface area (Å²) in [5.41, 5.74) is 0.696. The van der Waals surface area contributed by atoms with Gasteiger partial charge in [-0.15, -0.1) is 0 Å². The first-order valence-electron chi connectivity index (χ1n) is 5.91. The molecule has 3 heteroatoms. The summed E-state index contributed by atoms with van der Waals surface area (Å²) in [6.07, 6.45) is 3.67. The van der Waals surface area contributed by atoms with Crippen molar-refractivity contribution in [3.63, 3.8) is 0 Å². The number of hydrogen-bond donors (Lipinski definition) is 1. The zero-order chi connectivity index (χ0) is 11.5. The molecule has 0 saturated carbocycles. The second kappa shape index (κ2) is 4.83. The van der Waals surface area contributed by atoms with Gasteiger partial charge in [-0.05, 0) is 51.1 Å². The first kappa shape index (κ1) is 11.4. The molecule has 1 fully saturated rings. The van der Waals surface area contributed by atoms with Crippen LogP contribution in [0.1, 0.15) is 37.8 Å². The smallest absolute Gasteiger partial charge is 0.123 e. The average molecular weight is 223 g/mol. The van der Waals surface area contributed by atoms with E-state index >= 15 is 0 Å². The van der Waals surface area contributed by atoms with Crippen LogP contribution in [-0.4, -0.2) is 23.1 Å². The number of nitrogens with zero attached hydrogens (tertiary/aromatic N) is 1. The second-order valence-corrected chi connectivity index (χ2v) is 4.48. The molecule has 2 rings (SSSR count). The number of hydrogen-bond acceptors (Lipinski definition) is 2. The second-order valence-electron chi connectivity index (χ2n) is 4.48. The molecule has 0 spiro atoms. The van der Waals surface area contributed by atoms with Gasteiger partial charge in [0.25, 0.3) is 0 Å². The lowest BCUT2D eigenvalue weighted by Crippen LogP contribution is -2.32. The van der Waals surface area contributed by atoms with Crippen molar-refractivity contribution in [1.82, 2.24) is 4.90 Å². The maximum absolute atomic E-state index is 13.1. The van der Waals surface area contributed by atoms with E-state index in [1.165, 1.54) is 37.5 Å². The molecule has 1 aromatic rings. The van der Waals surface area contributed by atoms with Crippen LogP contribution >= 0.6 is 0 Å². The fourth-order valence-corrected chi connectivity index (χ4v) is 2.36. The quantitative estimate of drug-likeness (QED) is 0.832. The molecule has 0 aliphatic carbocycles. The Balaban J connectivity index is 2.18. The third kappa shape index (κ3) is 2.35. The predicted octanol–water partition coefficient (Wildman–Crippen LogP) is 3.08. The van der Waals surface area contributed by atoms with Crippen molar-refractivity contribution in [3.05, 3.63) is 29.6 Å². The van der Waals surface area contributed by atoms with Crippen LogP contribution in [0.25, 0.3) is 0 Å². The molecule has 1 saturated heterocycles. The van der Waals surface area contributed by atoms with Gasteiger partial charge in [0.05, 0.1) is 0 Å². The van der Waals surface area contributed by atoms with Crippen LogP contribution in [0.15, 0.2) is 18.2 Å². The zero-order valence-electron chi connectivity index (χ0n) is 9.62. The van der Waals surface area contributed by atoms with Crippen LogP contribution in [-0.2, 0) is 0 Å². The van der Waals surface area contributed by atoms with Gasteiger partial charge in [0.15, 0.2) is 0 Å². The Bertz CT molecular complexity index is 361. The number of aromatic hydroxyl groups is 1. The Hall–Kier alpha value is -1.09. The van der Waals surface area contributed by atoms with Gasteiger partial charge in [-0.25, -0.2) is 4.39 Å². The van der Waals surface area contributed by atoms with Crippen molar-refractivity contribution >= 4 is 0 Å². The molecule has 0 amide bonds. The molecule has 88 valence electrons. The third-order valence-corrected chi connectivity index (χ3v) is 3.38. The summed E-state index contributed by atoms with van der Waals surface area (Å²) in [5, 5.41) is 9.74. The maximum Gasteiger partial charge on any atom is 0.123 e. The average Bonchev–Trinajstić information content (AvgIpc) is 2.32. The zero-order valence-corrected chi connectivity index (χ0v) is 9.62. The Kier molecular flexibility index (Phi) is 3.44. The lowest BCUT2D eigenvalue weighted by Gasteiger charge is -2.32. The van der Waals surface area contributed by atoms with Crippen molar-refractivity contribution in [2.75, 3.05) is 13.1 Å². The van der Waals surface area contributed by atoms with Gasteiger partial charge in [0, 0.05) is 11.6 Å². The Morgan fingerprint density at radius 2 is 1.94 bits per heavy atom. The molecule has 0 aromatic heterocycles. The maximum atomic E-state index is 13.1. The highest BCUT2D eigenvalue weighted by Gasteiger charge is 2.20. The molecule has 2 nitrogen and oxygen atoms in total. The highest BCUT2D eigenvalue weighted by atomic mass is 19.1. The lowest BCUT2D eigenvalue weighted by molar-refractivity contribution is 0.172. The first-order chi connectivity index (χ1) is 7.68. The van der Waals surface area contributed by atoms with Crippen molar-refractivity contribution in [2.24, 2.45) is 0 Å². The van der Waals surface area contributed by atoms with E-state index < -0.39 is 0 Å². The highest BCUT2D eigenvalue weighted by Crippen LogP contribution is 2.30. The minimum absolute atomic E-state index is 0.0935. The van der Waals surface area contributed by atoms with Gasteiger partial charge in [0.2, 0.25) is 0 Å². The van der Waals surface area contributed by atoms with E-state index in [4.69, 9.17) is 0 Å². The normalized spacial score (nSPS) is 19.6. The van der Waals surface area contributed by atoms with E-state index in [0.717, 1.165) is 13.1 Å². The molecule has 1 N–H and O–H groups in total. The van der Waals surface area contributed by atoms with E-state index in [-0.39, 0.29) is 17.6 Å². The molecule has 1 unspecified atom stereocenters. The number of halogens is 1. The van der Waals surface area contributed by atoms with Crippen LogP contribution < -0.4 is 0 Å². The molecule has 0 radical (unpaired) electrons. The molecule has 0 bridgehead atoms. The van der Waals surface area contributed by atoms with E-state index in [0.29, 0.717) is 5.56 Å². The van der Waals surface area contributed by atoms with Gasteiger partial charge < -0.3 is 5.11 Å². The van der Waals surface area contributed by atoms with Crippen molar-refractivity contribution in [3.8, 4) is 5.75 Å². The fraction of sp³-hybridized carbons (Fsp3) is 0.538. The lowest BCUT2D eigenvalue weighted by atomic mass is 10.0.